The van der Waals surface area contributed by atoms with Crippen molar-refractivity contribution in [1.82, 2.24) is 25.1 Å². The van der Waals surface area contributed by atoms with E-state index in [2.05, 4.69) is 75.1 Å². The highest BCUT2D eigenvalue weighted by molar-refractivity contribution is 5.97. The van der Waals surface area contributed by atoms with Crippen molar-refractivity contribution in [2.24, 2.45) is 0 Å². The molecule has 4 heterocycles. The topological polar surface area (TPSA) is 70.2 Å². The number of hydrogen-bond acceptors (Lipinski definition) is 3. The minimum absolute atomic E-state index is 0.282. The van der Waals surface area contributed by atoms with Crippen LogP contribution in [-0.2, 0) is 12.8 Å². The Labute approximate surface area is 231 Å². The number of H-pyrrole nitrogens is 2. The molecule has 5 nitrogen and oxygen atoms in total. The van der Waals surface area contributed by atoms with Crippen LogP contribution in [0.1, 0.15) is 23.6 Å². The van der Waals surface area contributed by atoms with Crippen LogP contribution in [0.5, 0.6) is 0 Å². The van der Waals surface area contributed by atoms with Crippen LogP contribution < -0.4 is 10.6 Å². The van der Waals surface area contributed by atoms with E-state index >= 15 is 0 Å². The lowest BCUT2D eigenvalue weighted by atomic mass is 10.0. The van der Waals surface area contributed by atoms with Gasteiger partial charge in [0.25, 0.3) is 0 Å². The second-order valence-corrected chi connectivity index (χ2v) is 9.89. The molecule has 0 radical (unpaired) electrons. The number of nitrogens with one attached hydrogen (secondary N) is 2. The molecular formula is C34H28FN5. The average Bonchev–Trinajstić information content (AvgIpc) is 3.58. The van der Waals surface area contributed by atoms with Crippen molar-refractivity contribution < 1.29 is 4.39 Å². The van der Waals surface area contributed by atoms with Gasteiger partial charge in [0.15, 0.2) is 0 Å². The van der Waals surface area contributed by atoms with Crippen LogP contribution in [0.3, 0.4) is 0 Å². The van der Waals surface area contributed by atoms with E-state index in [-0.39, 0.29) is 5.82 Å². The van der Waals surface area contributed by atoms with Gasteiger partial charge in [0.2, 0.25) is 0 Å². The van der Waals surface area contributed by atoms with Crippen molar-refractivity contribution in [3.8, 4) is 22.5 Å². The number of benzene rings is 2. The molecule has 4 aromatic heterocycles. The van der Waals surface area contributed by atoms with Crippen molar-refractivity contribution in [3.63, 3.8) is 0 Å². The summed E-state index contributed by atoms with van der Waals surface area (Å²) in [6.07, 6.45) is 13.3. The summed E-state index contributed by atoms with van der Waals surface area (Å²) >= 11 is 0. The van der Waals surface area contributed by atoms with Gasteiger partial charge >= 0.3 is 0 Å². The van der Waals surface area contributed by atoms with E-state index in [1.807, 2.05) is 36.7 Å². The van der Waals surface area contributed by atoms with Gasteiger partial charge in [-0.05, 0) is 77.9 Å². The standard InChI is InChI=1S/C34H28FN5/c1-22(27-15-25(18-36-19-27)13-12-24-7-4-3-5-8-24)11-14-31-23(2)34(40-39-31)32-17-29-30(20-37-21-33(29)38-32)26-9-6-10-28(35)16-26/h3-11,14-21,38-39H,2,12-13H2,1H3/b22-11+,31-14+. The van der Waals surface area contributed by atoms with Crippen molar-refractivity contribution in [1.29, 1.82) is 0 Å². The molecular weight excluding hydrogens is 497 g/mol. The molecule has 2 N–H and O–H groups in total. The lowest BCUT2D eigenvalue weighted by molar-refractivity contribution is 0.628. The molecule has 0 saturated heterocycles. The first-order chi connectivity index (χ1) is 19.5. The molecule has 0 aliphatic heterocycles. The summed E-state index contributed by atoms with van der Waals surface area (Å²) < 4.78 is 13.9. The summed E-state index contributed by atoms with van der Waals surface area (Å²) in [7, 11) is 0. The van der Waals surface area contributed by atoms with Gasteiger partial charge in [0, 0.05) is 34.8 Å². The Morgan fingerprint density at radius 2 is 1.73 bits per heavy atom. The zero-order chi connectivity index (χ0) is 27.5. The minimum Gasteiger partial charge on any atom is -0.352 e. The summed E-state index contributed by atoms with van der Waals surface area (Å²) in [6, 6.07) is 21.2. The number of allylic oxidation sites excluding steroid dienone is 2. The van der Waals surface area contributed by atoms with Crippen molar-refractivity contribution in [3.05, 3.63) is 131 Å². The number of nitrogens with zero attached hydrogens (tertiary/aromatic N) is 3. The largest absolute Gasteiger partial charge is 0.352 e. The number of rotatable bonds is 7. The molecule has 0 saturated carbocycles. The molecule has 6 aromatic rings. The van der Waals surface area contributed by atoms with Gasteiger partial charge in [-0.3, -0.25) is 15.1 Å². The van der Waals surface area contributed by atoms with E-state index in [0.717, 1.165) is 68.0 Å². The predicted octanol–water partition coefficient (Wildman–Crippen LogP) is 6.23. The number of halogens is 1. The Bertz CT molecular complexity index is 1950. The van der Waals surface area contributed by atoms with Crippen LogP contribution in [0.25, 0.3) is 51.6 Å². The second-order valence-electron chi connectivity index (χ2n) is 9.89. The van der Waals surface area contributed by atoms with E-state index in [9.17, 15) is 4.39 Å². The number of pyridine rings is 2. The number of aryl methyl sites for hydroxylation is 2. The number of aromatic nitrogens is 5. The first kappa shape index (κ1) is 25.2. The first-order valence-corrected chi connectivity index (χ1v) is 13.2. The van der Waals surface area contributed by atoms with Gasteiger partial charge in [0.1, 0.15) is 11.5 Å². The summed E-state index contributed by atoms with van der Waals surface area (Å²) in [5.74, 6) is -0.282. The van der Waals surface area contributed by atoms with Crippen LogP contribution in [0.2, 0.25) is 0 Å². The monoisotopic (exact) mass is 525 g/mol. The fourth-order valence-corrected chi connectivity index (χ4v) is 4.88. The van der Waals surface area contributed by atoms with E-state index in [4.69, 9.17) is 0 Å². The molecule has 0 amide bonds. The zero-order valence-corrected chi connectivity index (χ0v) is 22.2. The summed E-state index contributed by atoms with van der Waals surface area (Å²) in [5, 5.41) is 10.2. The Morgan fingerprint density at radius 1 is 0.900 bits per heavy atom. The molecule has 0 aliphatic rings. The van der Waals surface area contributed by atoms with Gasteiger partial charge in [-0.2, -0.15) is 5.10 Å². The lowest BCUT2D eigenvalue weighted by Gasteiger charge is -2.05. The fraction of sp³-hybridized carbons (Fsp3) is 0.0882. The van der Waals surface area contributed by atoms with Crippen LogP contribution in [-0.4, -0.2) is 25.1 Å². The third kappa shape index (κ3) is 5.24. The van der Waals surface area contributed by atoms with Gasteiger partial charge in [-0.15, -0.1) is 0 Å². The fourth-order valence-electron chi connectivity index (χ4n) is 4.88. The summed E-state index contributed by atoms with van der Waals surface area (Å²) in [4.78, 5) is 12.2. The summed E-state index contributed by atoms with van der Waals surface area (Å²) in [6.45, 7) is 6.36. The molecule has 0 spiro atoms. The molecule has 40 heavy (non-hydrogen) atoms. The van der Waals surface area contributed by atoms with Crippen LogP contribution in [0.4, 0.5) is 4.39 Å². The van der Waals surface area contributed by atoms with Crippen molar-refractivity contribution in [2.45, 2.75) is 19.8 Å². The van der Waals surface area contributed by atoms with E-state index in [0.29, 0.717) is 0 Å². The maximum atomic E-state index is 13.9. The van der Waals surface area contributed by atoms with Crippen molar-refractivity contribution in [2.75, 3.05) is 0 Å². The predicted molar refractivity (Wildman–Crippen MR) is 160 cm³/mol. The number of fused-ring (bicyclic) bond motifs is 1. The first-order valence-electron chi connectivity index (χ1n) is 13.2. The summed E-state index contributed by atoms with van der Waals surface area (Å²) in [5.41, 5.74) is 8.73. The zero-order valence-electron chi connectivity index (χ0n) is 22.2. The minimum atomic E-state index is -0.282. The van der Waals surface area contributed by atoms with Gasteiger partial charge in [0.05, 0.1) is 22.8 Å². The quantitative estimate of drug-likeness (QED) is 0.259. The van der Waals surface area contributed by atoms with Crippen LogP contribution in [0.15, 0.2) is 97.6 Å². The Kier molecular flexibility index (Phi) is 6.89. The molecule has 0 atom stereocenters. The molecule has 2 aromatic carbocycles. The van der Waals surface area contributed by atoms with Gasteiger partial charge in [-0.25, -0.2) is 4.39 Å². The van der Waals surface area contributed by atoms with E-state index < -0.39 is 0 Å². The van der Waals surface area contributed by atoms with E-state index in [1.165, 1.54) is 23.3 Å². The van der Waals surface area contributed by atoms with Gasteiger partial charge < -0.3 is 4.98 Å². The Morgan fingerprint density at radius 3 is 2.58 bits per heavy atom. The maximum absolute atomic E-state index is 13.9. The molecule has 0 aliphatic carbocycles. The number of hydrogen-bond donors (Lipinski definition) is 2. The highest BCUT2D eigenvalue weighted by atomic mass is 19.1. The molecule has 6 heteroatoms. The Hall–Kier alpha value is -5.10. The second kappa shape index (κ2) is 10.9. The van der Waals surface area contributed by atoms with Gasteiger partial charge in [-0.1, -0.05) is 55.1 Å². The SMILES string of the molecule is C=c1c(-c2cc3c(-c4cccc(F)c4)cncc3[nH]2)n[nH]/c1=C/C=C(\C)c1cncc(CCc2ccccc2)c1. The normalized spacial score (nSPS) is 12.3. The average molecular weight is 526 g/mol. The number of aromatic amines is 2. The highest BCUT2D eigenvalue weighted by Crippen LogP contribution is 2.30. The highest BCUT2D eigenvalue weighted by Gasteiger charge is 2.12. The smallest absolute Gasteiger partial charge is 0.123 e. The molecule has 0 bridgehead atoms. The third-order valence-electron chi connectivity index (χ3n) is 7.13. The van der Waals surface area contributed by atoms with Crippen molar-refractivity contribution >= 4 is 29.1 Å². The lowest BCUT2D eigenvalue weighted by Crippen LogP contribution is -2.21. The van der Waals surface area contributed by atoms with Crippen LogP contribution >= 0.6 is 0 Å². The van der Waals surface area contributed by atoms with E-state index in [1.54, 1.807) is 18.5 Å². The maximum Gasteiger partial charge on any atom is 0.123 e. The molecule has 6 rings (SSSR count). The third-order valence-corrected chi connectivity index (χ3v) is 7.13. The Balaban J connectivity index is 1.26. The van der Waals surface area contributed by atoms with Crippen LogP contribution in [0, 0.1) is 5.82 Å². The molecule has 196 valence electrons. The molecule has 0 unspecified atom stereocenters. The molecule has 0 fully saturated rings.